The summed E-state index contributed by atoms with van der Waals surface area (Å²) < 4.78 is 25.9. The number of carbonyl (C=O) groups is 2. The molecule has 0 aromatic carbocycles. The van der Waals surface area contributed by atoms with Crippen LogP contribution in [-0.2, 0) is 19.7 Å². The monoisotopic (exact) mass is 416 g/mol. The van der Waals surface area contributed by atoms with Crippen molar-refractivity contribution in [2.45, 2.75) is 44.2 Å². The number of nitrogens with two attached hydrogens (primary N) is 4. The summed E-state index contributed by atoms with van der Waals surface area (Å²) in [5, 5.41) is 26.0. The summed E-state index contributed by atoms with van der Waals surface area (Å²) in [6.07, 6.45) is 3.85. The van der Waals surface area contributed by atoms with Crippen molar-refractivity contribution in [1.29, 1.82) is 5.41 Å². The van der Waals surface area contributed by atoms with Crippen molar-refractivity contribution < 1.29 is 32.8 Å². The molecule has 0 fully saturated rings. The first-order valence-electron chi connectivity index (χ1n) is 7.89. The lowest BCUT2D eigenvalue weighted by Crippen LogP contribution is -2.34. The van der Waals surface area contributed by atoms with Gasteiger partial charge in [0.1, 0.15) is 12.1 Å². The van der Waals surface area contributed by atoms with E-state index in [1.165, 1.54) is 0 Å². The minimum atomic E-state index is -3.67. The third kappa shape index (κ3) is 35.9. The Labute approximate surface area is 158 Å². The zero-order valence-corrected chi connectivity index (χ0v) is 16.1. The first-order chi connectivity index (χ1) is 12.2. The molecule has 0 unspecified atom stereocenters. The molecule has 0 aromatic heterocycles. The van der Waals surface area contributed by atoms with Gasteiger partial charge in [-0.15, -0.1) is 0 Å². The molecule has 0 rings (SSSR count). The number of unbranched alkanes of at least 4 members (excludes halogenated alkanes) is 1. The highest BCUT2D eigenvalue weighted by molar-refractivity contribution is 7.85. The van der Waals surface area contributed by atoms with Crippen molar-refractivity contribution in [3.8, 4) is 0 Å². The van der Waals surface area contributed by atoms with Crippen LogP contribution in [0.5, 0.6) is 0 Å². The molecule has 0 aromatic rings. The van der Waals surface area contributed by atoms with Crippen molar-refractivity contribution in [3.05, 3.63) is 0 Å². The van der Waals surface area contributed by atoms with Gasteiger partial charge in [0.25, 0.3) is 10.1 Å². The van der Waals surface area contributed by atoms with Gasteiger partial charge in [-0.05, 0) is 32.2 Å². The van der Waals surface area contributed by atoms with Gasteiger partial charge in [-0.25, -0.2) is 0 Å². The second-order valence-corrected chi connectivity index (χ2v) is 6.86. The minimum absolute atomic E-state index is 0.112. The number of carboxylic acids is 2. The third-order valence-corrected chi connectivity index (χ3v) is 2.61. The molecule has 0 radical (unpaired) electrons. The van der Waals surface area contributed by atoms with E-state index in [2.05, 4.69) is 5.32 Å². The van der Waals surface area contributed by atoms with E-state index in [1.54, 1.807) is 0 Å². The maximum atomic E-state index is 10.2. The van der Waals surface area contributed by atoms with Crippen LogP contribution in [0.3, 0.4) is 0 Å². The molecule has 0 aliphatic heterocycles. The van der Waals surface area contributed by atoms with Crippen molar-refractivity contribution in [1.82, 2.24) is 5.32 Å². The van der Waals surface area contributed by atoms with Gasteiger partial charge in [0.2, 0.25) is 0 Å². The Morgan fingerprint density at radius 1 is 1.04 bits per heavy atom. The Morgan fingerprint density at radius 3 is 1.70 bits per heavy atom. The maximum absolute atomic E-state index is 10.2. The smallest absolute Gasteiger partial charge is 0.320 e. The van der Waals surface area contributed by atoms with E-state index in [9.17, 15) is 18.0 Å². The SMILES string of the molecule is CS(=O)(=O)O.N=C(N)NCCC[C@H](N)C(=O)O.NCCCC[C@H](N)C(=O)O. The van der Waals surface area contributed by atoms with Gasteiger partial charge < -0.3 is 38.5 Å². The minimum Gasteiger partial charge on any atom is -0.480 e. The lowest BCUT2D eigenvalue weighted by Gasteiger charge is -2.06. The zero-order valence-electron chi connectivity index (χ0n) is 15.3. The van der Waals surface area contributed by atoms with Gasteiger partial charge in [-0.2, -0.15) is 8.42 Å². The molecule has 0 heterocycles. The average molecular weight is 417 g/mol. The van der Waals surface area contributed by atoms with Crippen LogP contribution in [0.2, 0.25) is 0 Å². The number of aliphatic carboxylic acids is 2. The molecule has 13 N–H and O–H groups in total. The van der Waals surface area contributed by atoms with Gasteiger partial charge in [-0.3, -0.25) is 19.6 Å². The Balaban J connectivity index is -0.000000347. The van der Waals surface area contributed by atoms with Gasteiger partial charge in [0.05, 0.1) is 6.26 Å². The van der Waals surface area contributed by atoms with Crippen LogP contribution in [0, 0.1) is 5.41 Å². The molecule has 0 aliphatic rings. The number of nitrogens with one attached hydrogen (secondary N) is 2. The summed E-state index contributed by atoms with van der Waals surface area (Å²) in [7, 11) is -3.67. The van der Waals surface area contributed by atoms with Crippen LogP contribution in [0.1, 0.15) is 32.1 Å². The number of guanidine groups is 1. The number of hydrogen-bond donors (Lipinski definition) is 9. The maximum Gasteiger partial charge on any atom is 0.320 e. The molecule has 162 valence electrons. The molecule has 27 heavy (non-hydrogen) atoms. The molecule has 14 heteroatoms. The molecule has 0 aliphatic carbocycles. The molecule has 13 nitrogen and oxygen atoms in total. The van der Waals surface area contributed by atoms with E-state index in [1.807, 2.05) is 0 Å². The van der Waals surface area contributed by atoms with Crippen molar-refractivity contribution in [2.75, 3.05) is 19.3 Å². The van der Waals surface area contributed by atoms with Gasteiger partial charge >= 0.3 is 11.9 Å². The van der Waals surface area contributed by atoms with Crippen LogP contribution >= 0.6 is 0 Å². The van der Waals surface area contributed by atoms with Gasteiger partial charge in [0.15, 0.2) is 5.96 Å². The van der Waals surface area contributed by atoms with Crippen LogP contribution in [0.15, 0.2) is 0 Å². The van der Waals surface area contributed by atoms with E-state index < -0.39 is 34.1 Å². The molecule has 0 spiro atoms. The quantitative estimate of drug-likeness (QED) is 0.0786. The number of carboxylic acid groups (broad SMARTS) is 2. The van der Waals surface area contributed by atoms with Crippen LogP contribution in [0.4, 0.5) is 0 Å². The van der Waals surface area contributed by atoms with E-state index in [0.29, 0.717) is 38.6 Å². The predicted octanol–water partition coefficient (Wildman–Crippen LogP) is -2.31. The Hall–Kier alpha value is -2.00. The second kappa shape index (κ2) is 17.4. The van der Waals surface area contributed by atoms with Crippen LogP contribution in [0.25, 0.3) is 0 Å². The molecule has 0 bridgehead atoms. The molecule has 0 saturated carbocycles. The summed E-state index contributed by atoms with van der Waals surface area (Å²) >= 11 is 0. The topological polar surface area (TPSA) is 269 Å². The van der Waals surface area contributed by atoms with Crippen LogP contribution in [-0.4, -0.2) is 72.5 Å². The lowest BCUT2D eigenvalue weighted by atomic mass is 10.1. The second-order valence-electron chi connectivity index (χ2n) is 5.39. The van der Waals surface area contributed by atoms with Crippen molar-refractivity contribution in [2.24, 2.45) is 22.9 Å². The fourth-order valence-electron chi connectivity index (χ4n) is 1.30. The highest BCUT2D eigenvalue weighted by Gasteiger charge is 2.10. The predicted molar refractivity (Wildman–Crippen MR) is 101 cm³/mol. The molecule has 0 saturated heterocycles. The van der Waals surface area contributed by atoms with Crippen LogP contribution < -0.4 is 28.3 Å². The zero-order chi connectivity index (χ0) is 22.0. The third-order valence-electron chi connectivity index (χ3n) is 2.61. The first-order valence-corrected chi connectivity index (χ1v) is 9.74. The first kappa shape index (κ1) is 29.8. The molecular weight excluding hydrogens is 384 g/mol. The van der Waals surface area contributed by atoms with Gasteiger partial charge in [0, 0.05) is 6.54 Å². The standard InChI is InChI=1S/C6H14N4O2.C6H14N2O2.CH4O3S/c7-4(5(11)12)2-1-3-10-6(8)9;7-4-2-1-3-5(8)6(9)10;1-5(2,3)4/h4H,1-3,7H2,(H,11,12)(H4,8,9,10);5H,1-4,7-8H2,(H,9,10);1H3,(H,2,3,4)/t4-;5-;/m00./s1. The fraction of sp³-hybridized carbons (Fsp3) is 0.769. The largest absolute Gasteiger partial charge is 0.480 e. The molecule has 2 atom stereocenters. The number of rotatable bonds is 10. The highest BCUT2D eigenvalue weighted by atomic mass is 32.2. The molecular formula is C13H32N6O7S. The number of hydrogen-bond acceptors (Lipinski definition) is 8. The van der Waals surface area contributed by atoms with Crippen molar-refractivity contribution in [3.63, 3.8) is 0 Å². The summed E-state index contributed by atoms with van der Waals surface area (Å²) in [5.41, 5.74) is 20.6. The van der Waals surface area contributed by atoms with E-state index >= 15 is 0 Å². The Kier molecular flexibility index (Phi) is 19.2. The average Bonchev–Trinajstić information content (AvgIpc) is 2.50. The molecule has 0 amide bonds. The summed E-state index contributed by atoms with van der Waals surface area (Å²) in [6, 6.07) is -1.54. The Bertz CT molecular complexity index is 521. The summed E-state index contributed by atoms with van der Waals surface area (Å²) in [5.74, 6) is -2.05. The Morgan fingerprint density at radius 2 is 1.41 bits per heavy atom. The fourth-order valence-corrected chi connectivity index (χ4v) is 1.30. The highest BCUT2D eigenvalue weighted by Crippen LogP contribution is 1.97. The normalized spacial score (nSPS) is 12.3. The van der Waals surface area contributed by atoms with E-state index in [-0.39, 0.29) is 5.96 Å². The van der Waals surface area contributed by atoms with Gasteiger partial charge in [-0.1, -0.05) is 6.42 Å². The van der Waals surface area contributed by atoms with E-state index in [0.717, 1.165) is 12.8 Å². The van der Waals surface area contributed by atoms with E-state index in [4.69, 9.17) is 43.1 Å². The summed E-state index contributed by atoms with van der Waals surface area (Å²) in [6.45, 7) is 1.09. The lowest BCUT2D eigenvalue weighted by molar-refractivity contribution is -0.139. The summed E-state index contributed by atoms with van der Waals surface area (Å²) in [4.78, 5) is 20.4. The van der Waals surface area contributed by atoms with Crippen molar-refractivity contribution >= 4 is 28.0 Å².